The van der Waals surface area contributed by atoms with Crippen LogP contribution in [0.3, 0.4) is 0 Å². The van der Waals surface area contributed by atoms with Gasteiger partial charge in [-0.3, -0.25) is 14.6 Å². The predicted molar refractivity (Wildman–Crippen MR) is 145 cm³/mol. The molecular weight excluding hydrogens is 464 g/mol. The van der Waals surface area contributed by atoms with Crippen LogP contribution in [-0.4, -0.2) is 57.2 Å². The number of carbonyl (C=O) groups excluding carboxylic acids is 2. The third-order valence-corrected chi connectivity index (χ3v) is 6.15. The molecule has 0 bridgehead atoms. The molecule has 0 atom stereocenters. The molecule has 0 fully saturated rings. The van der Waals surface area contributed by atoms with Gasteiger partial charge in [0.2, 0.25) is 11.9 Å². The third kappa shape index (κ3) is 5.98. The summed E-state index contributed by atoms with van der Waals surface area (Å²) in [5, 5.41) is 3.19. The normalized spacial score (nSPS) is 14.6. The summed E-state index contributed by atoms with van der Waals surface area (Å²) in [6, 6.07) is 13.0. The lowest BCUT2D eigenvalue weighted by molar-refractivity contribution is -0.127. The van der Waals surface area contributed by atoms with E-state index in [0.717, 1.165) is 16.9 Å². The number of hydrogen-bond donors (Lipinski definition) is 1. The quantitative estimate of drug-likeness (QED) is 0.523. The number of benzene rings is 1. The van der Waals surface area contributed by atoms with Gasteiger partial charge in [-0.1, -0.05) is 24.8 Å². The number of amides is 2. The second-order valence-corrected chi connectivity index (χ2v) is 8.75. The highest BCUT2D eigenvalue weighted by molar-refractivity contribution is 5.94. The van der Waals surface area contributed by atoms with E-state index in [9.17, 15) is 9.59 Å². The number of allylic oxidation sites excluding steroid dienone is 4. The minimum Gasteiger partial charge on any atom is -0.341 e. The number of aromatic nitrogens is 3. The number of anilines is 2. The summed E-state index contributed by atoms with van der Waals surface area (Å²) in [5.74, 6) is 0.272. The Morgan fingerprint density at radius 2 is 1.97 bits per heavy atom. The van der Waals surface area contributed by atoms with Crippen LogP contribution in [0.25, 0.3) is 5.57 Å². The van der Waals surface area contributed by atoms with Gasteiger partial charge in [-0.25, -0.2) is 9.97 Å². The molecule has 0 aliphatic carbocycles. The number of carbonyl (C=O) groups is 2. The van der Waals surface area contributed by atoms with E-state index < -0.39 is 0 Å². The average molecular weight is 495 g/mol. The van der Waals surface area contributed by atoms with Crippen molar-refractivity contribution in [3.05, 3.63) is 108 Å². The van der Waals surface area contributed by atoms with Crippen LogP contribution in [0, 0.1) is 0 Å². The zero-order valence-corrected chi connectivity index (χ0v) is 21.3. The van der Waals surface area contributed by atoms with Gasteiger partial charge in [-0.2, -0.15) is 0 Å². The van der Waals surface area contributed by atoms with E-state index in [2.05, 4.69) is 26.8 Å². The van der Waals surface area contributed by atoms with Crippen molar-refractivity contribution in [2.24, 2.45) is 0 Å². The standard InChI is InChI=1S/C29H30N6O2/c1-5-6-10-25-20(2)27-22(18-26(36)35(25)4)19-31-29(33-27)32-24-13-11-21(12-14-24)28(37)34(3)17-15-23-9-7-8-16-30-23/h5-14,16,19H,2,15,17-18H2,1,3-4H3,(H,31,32,33)/b6-5-,25-10+. The van der Waals surface area contributed by atoms with Crippen LogP contribution in [0.1, 0.15) is 34.2 Å². The van der Waals surface area contributed by atoms with E-state index in [-0.39, 0.29) is 18.2 Å². The van der Waals surface area contributed by atoms with Gasteiger partial charge >= 0.3 is 0 Å². The van der Waals surface area contributed by atoms with Gasteiger partial charge in [0.05, 0.1) is 17.8 Å². The van der Waals surface area contributed by atoms with Crippen LogP contribution in [0.5, 0.6) is 0 Å². The summed E-state index contributed by atoms with van der Waals surface area (Å²) in [5.41, 5.74) is 4.99. The molecule has 4 rings (SSSR count). The molecular formula is C29H30N6O2. The average Bonchev–Trinajstić information content (AvgIpc) is 3.00. The van der Waals surface area contributed by atoms with E-state index in [1.165, 1.54) is 0 Å². The van der Waals surface area contributed by atoms with Crippen molar-refractivity contribution in [2.75, 3.05) is 26.0 Å². The number of nitrogens with one attached hydrogen (secondary N) is 1. The molecule has 1 aliphatic rings. The molecule has 0 saturated heterocycles. The van der Waals surface area contributed by atoms with Crippen molar-refractivity contribution >= 4 is 29.0 Å². The Morgan fingerprint density at radius 1 is 1.19 bits per heavy atom. The van der Waals surface area contributed by atoms with E-state index in [4.69, 9.17) is 0 Å². The van der Waals surface area contributed by atoms with Crippen LogP contribution in [0.2, 0.25) is 0 Å². The predicted octanol–water partition coefficient (Wildman–Crippen LogP) is 4.42. The fraction of sp³-hybridized carbons (Fsp3) is 0.207. The smallest absolute Gasteiger partial charge is 0.253 e. The SMILES string of the molecule is C=C1/C(=C\C=C/C)N(C)C(=O)Cc2cnc(Nc3ccc(C(=O)N(C)CCc4ccccn4)cc3)nc21. The van der Waals surface area contributed by atoms with E-state index in [0.29, 0.717) is 41.4 Å². The van der Waals surface area contributed by atoms with Crippen LogP contribution in [0.4, 0.5) is 11.6 Å². The first-order chi connectivity index (χ1) is 17.9. The first-order valence-electron chi connectivity index (χ1n) is 12.0. The molecule has 2 aromatic heterocycles. The fourth-order valence-electron chi connectivity index (χ4n) is 3.97. The fourth-order valence-corrected chi connectivity index (χ4v) is 3.97. The third-order valence-electron chi connectivity index (χ3n) is 6.15. The van der Waals surface area contributed by atoms with E-state index >= 15 is 0 Å². The Labute approximate surface area is 217 Å². The number of nitrogens with zero attached hydrogens (tertiary/aromatic N) is 5. The van der Waals surface area contributed by atoms with Crippen molar-refractivity contribution in [3.63, 3.8) is 0 Å². The minimum atomic E-state index is -0.0608. The molecule has 188 valence electrons. The van der Waals surface area contributed by atoms with Crippen molar-refractivity contribution in [3.8, 4) is 0 Å². The van der Waals surface area contributed by atoms with E-state index in [1.54, 1.807) is 48.4 Å². The Kier molecular flexibility index (Phi) is 7.88. The number of likely N-dealkylation sites (N-methyl/N-ethyl adjacent to an activating group) is 2. The molecule has 0 radical (unpaired) electrons. The largest absolute Gasteiger partial charge is 0.341 e. The van der Waals surface area contributed by atoms with Gasteiger partial charge in [-0.05, 0) is 49.4 Å². The Hall–Kier alpha value is -4.59. The second-order valence-electron chi connectivity index (χ2n) is 8.75. The summed E-state index contributed by atoms with van der Waals surface area (Å²) >= 11 is 0. The molecule has 1 N–H and O–H groups in total. The van der Waals surface area contributed by atoms with Gasteiger partial charge in [0.1, 0.15) is 0 Å². The van der Waals surface area contributed by atoms with Crippen LogP contribution in [0.15, 0.2) is 85.4 Å². The number of fused-ring (bicyclic) bond motifs is 1. The second kappa shape index (κ2) is 11.4. The maximum Gasteiger partial charge on any atom is 0.253 e. The topological polar surface area (TPSA) is 91.3 Å². The highest BCUT2D eigenvalue weighted by Crippen LogP contribution is 2.30. The maximum atomic E-state index is 12.8. The van der Waals surface area contributed by atoms with Crippen LogP contribution in [-0.2, 0) is 17.6 Å². The molecule has 37 heavy (non-hydrogen) atoms. The lowest BCUT2D eigenvalue weighted by atomic mass is 10.1. The molecule has 1 aromatic carbocycles. The summed E-state index contributed by atoms with van der Waals surface area (Å²) in [7, 11) is 3.52. The number of pyridine rings is 1. The lowest BCUT2D eigenvalue weighted by Gasteiger charge is -2.18. The monoisotopic (exact) mass is 494 g/mol. The van der Waals surface area contributed by atoms with Gasteiger partial charge in [0, 0.05) is 67.5 Å². The molecule has 3 aromatic rings. The number of hydrogen-bond acceptors (Lipinski definition) is 6. The minimum absolute atomic E-state index is 0.0507. The Bertz CT molecular complexity index is 1360. The lowest BCUT2D eigenvalue weighted by Crippen LogP contribution is -2.28. The van der Waals surface area contributed by atoms with Crippen molar-refractivity contribution in [1.82, 2.24) is 24.8 Å². The molecule has 0 unspecified atom stereocenters. The van der Waals surface area contributed by atoms with E-state index in [1.807, 2.05) is 55.5 Å². The first kappa shape index (κ1) is 25.5. The molecule has 0 saturated carbocycles. The zero-order chi connectivity index (χ0) is 26.4. The first-order valence-corrected chi connectivity index (χ1v) is 12.0. The molecule has 1 aliphatic heterocycles. The summed E-state index contributed by atoms with van der Waals surface area (Å²) in [4.78, 5) is 42.1. The highest BCUT2D eigenvalue weighted by Gasteiger charge is 2.26. The van der Waals surface area contributed by atoms with Gasteiger partial charge in [-0.15, -0.1) is 0 Å². The highest BCUT2D eigenvalue weighted by atomic mass is 16.2. The maximum absolute atomic E-state index is 12.8. The Morgan fingerprint density at radius 3 is 2.68 bits per heavy atom. The Balaban J connectivity index is 1.46. The molecule has 0 spiro atoms. The van der Waals surface area contributed by atoms with Crippen LogP contribution >= 0.6 is 0 Å². The van der Waals surface area contributed by atoms with Gasteiger partial charge in [0.15, 0.2) is 0 Å². The summed E-state index contributed by atoms with van der Waals surface area (Å²) < 4.78 is 0. The number of rotatable bonds is 7. The molecule has 8 nitrogen and oxygen atoms in total. The van der Waals surface area contributed by atoms with Crippen molar-refractivity contribution in [1.29, 1.82) is 0 Å². The zero-order valence-electron chi connectivity index (χ0n) is 21.3. The van der Waals surface area contributed by atoms with Crippen molar-refractivity contribution in [2.45, 2.75) is 19.8 Å². The molecule has 8 heteroatoms. The van der Waals surface area contributed by atoms with Gasteiger partial charge < -0.3 is 15.1 Å². The van der Waals surface area contributed by atoms with Crippen LogP contribution < -0.4 is 5.32 Å². The van der Waals surface area contributed by atoms with Gasteiger partial charge in [0.25, 0.3) is 5.91 Å². The summed E-state index contributed by atoms with van der Waals surface area (Å²) in [6.45, 7) is 6.69. The molecule has 2 amide bonds. The van der Waals surface area contributed by atoms with Crippen molar-refractivity contribution < 1.29 is 9.59 Å². The molecule has 3 heterocycles. The summed E-state index contributed by atoms with van der Waals surface area (Å²) in [6.07, 6.45) is 9.92.